The normalized spacial score (nSPS) is 10.3. The lowest BCUT2D eigenvalue weighted by Gasteiger charge is -2.10. The number of halogens is 1. The monoisotopic (exact) mass is 344 g/mol. The van der Waals surface area contributed by atoms with Crippen molar-refractivity contribution in [2.75, 3.05) is 23.8 Å². The van der Waals surface area contributed by atoms with Crippen molar-refractivity contribution >= 4 is 17.3 Å². The molecular weight excluding hydrogens is 319 g/mol. The summed E-state index contributed by atoms with van der Waals surface area (Å²) in [4.78, 5) is 12.0. The molecule has 0 fully saturated rings. The highest BCUT2D eigenvalue weighted by molar-refractivity contribution is 5.93. The molecule has 0 radical (unpaired) electrons. The van der Waals surface area contributed by atoms with Crippen LogP contribution in [-0.4, -0.2) is 19.1 Å². The molecule has 2 aromatic rings. The highest BCUT2D eigenvalue weighted by Gasteiger charge is 2.05. The van der Waals surface area contributed by atoms with Crippen LogP contribution in [0, 0.1) is 5.82 Å². The number of amides is 1. The first-order valence-corrected chi connectivity index (χ1v) is 8.70. The molecular formula is C20H25FN2O2. The molecule has 5 heteroatoms. The molecule has 2 rings (SSSR count). The quantitative estimate of drug-likeness (QED) is 0.607. The Morgan fingerprint density at radius 3 is 2.72 bits per heavy atom. The van der Waals surface area contributed by atoms with Crippen LogP contribution in [0.2, 0.25) is 0 Å². The lowest BCUT2D eigenvalue weighted by molar-refractivity contribution is -0.114. The molecule has 0 saturated heterocycles. The summed E-state index contributed by atoms with van der Waals surface area (Å²) < 4.78 is 19.2. The summed E-state index contributed by atoms with van der Waals surface area (Å²) in [7, 11) is 0. The third kappa shape index (κ3) is 6.83. The summed E-state index contributed by atoms with van der Waals surface area (Å²) in [6.45, 7) is 2.84. The number of ether oxygens (including phenoxy) is 1. The van der Waals surface area contributed by atoms with Crippen LogP contribution in [-0.2, 0) is 4.79 Å². The Morgan fingerprint density at radius 1 is 1.08 bits per heavy atom. The van der Waals surface area contributed by atoms with E-state index in [2.05, 4.69) is 17.6 Å². The Morgan fingerprint density at radius 2 is 1.92 bits per heavy atom. The zero-order valence-electron chi connectivity index (χ0n) is 14.6. The maximum Gasteiger partial charge on any atom is 0.243 e. The van der Waals surface area contributed by atoms with Gasteiger partial charge >= 0.3 is 0 Å². The predicted molar refractivity (Wildman–Crippen MR) is 99.6 cm³/mol. The van der Waals surface area contributed by atoms with E-state index in [0.29, 0.717) is 18.0 Å². The van der Waals surface area contributed by atoms with E-state index >= 15 is 0 Å². The van der Waals surface area contributed by atoms with Gasteiger partial charge in [-0.15, -0.1) is 0 Å². The highest BCUT2D eigenvalue weighted by Crippen LogP contribution is 2.18. The number of para-hydroxylation sites is 1. The maximum absolute atomic E-state index is 13.5. The van der Waals surface area contributed by atoms with E-state index in [1.807, 2.05) is 12.1 Å². The fourth-order valence-electron chi connectivity index (χ4n) is 2.37. The van der Waals surface area contributed by atoms with E-state index in [1.165, 1.54) is 18.9 Å². The van der Waals surface area contributed by atoms with Crippen molar-refractivity contribution < 1.29 is 13.9 Å². The number of hydrogen-bond donors (Lipinski definition) is 2. The standard InChI is InChI=1S/C20H25FN2O2/c1-2-3-4-7-13-25-17-10-8-9-16(14-17)23-20(24)15-22-19-12-6-5-11-18(19)21/h5-6,8-12,14,22H,2-4,7,13,15H2,1H3,(H,23,24). The number of anilines is 2. The molecule has 0 aromatic heterocycles. The molecule has 0 unspecified atom stereocenters. The Labute approximate surface area is 148 Å². The Bertz CT molecular complexity index is 676. The second kappa shape index (κ2) is 10.3. The van der Waals surface area contributed by atoms with E-state index in [9.17, 15) is 9.18 Å². The predicted octanol–water partition coefficient (Wildman–Crippen LogP) is 4.84. The molecule has 0 aliphatic carbocycles. The number of rotatable bonds is 10. The van der Waals surface area contributed by atoms with Crippen LogP contribution in [0.1, 0.15) is 32.6 Å². The number of hydrogen-bond acceptors (Lipinski definition) is 3. The second-order valence-corrected chi connectivity index (χ2v) is 5.82. The molecule has 0 heterocycles. The van der Waals surface area contributed by atoms with Gasteiger partial charge in [0.25, 0.3) is 0 Å². The van der Waals surface area contributed by atoms with Crippen LogP contribution < -0.4 is 15.4 Å². The number of benzene rings is 2. The van der Waals surface area contributed by atoms with E-state index in [4.69, 9.17) is 4.74 Å². The van der Waals surface area contributed by atoms with Crippen molar-refractivity contribution in [2.24, 2.45) is 0 Å². The van der Waals surface area contributed by atoms with E-state index in [1.54, 1.807) is 30.3 Å². The molecule has 134 valence electrons. The molecule has 1 amide bonds. The summed E-state index contributed by atoms with van der Waals surface area (Å²) in [6, 6.07) is 13.6. The van der Waals surface area contributed by atoms with Gasteiger partial charge in [-0.3, -0.25) is 4.79 Å². The zero-order valence-corrected chi connectivity index (χ0v) is 14.6. The molecule has 0 bridgehead atoms. The van der Waals surface area contributed by atoms with Gasteiger partial charge in [-0.1, -0.05) is 44.4 Å². The number of nitrogens with one attached hydrogen (secondary N) is 2. The van der Waals surface area contributed by atoms with Gasteiger partial charge in [-0.2, -0.15) is 0 Å². The largest absolute Gasteiger partial charge is 0.494 e. The third-order valence-electron chi connectivity index (χ3n) is 3.70. The van der Waals surface area contributed by atoms with Gasteiger partial charge in [-0.05, 0) is 30.7 Å². The van der Waals surface area contributed by atoms with Crippen molar-refractivity contribution in [1.29, 1.82) is 0 Å². The summed E-state index contributed by atoms with van der Waals surface area (Å²) in [5, 5.41) is 5.56. The van der Waals surface area contributed by atoms with Crippen LogP contribution in [0.15, 0.2) is 48.5 Å². The highest BCUT2D eigenvalue weighted by atomic mass is 19.1. The molecule has 4 nitrogen and oxygen atoms in total. The molecule has 0 spiro atoms. The van der Waals surface area contributed by atoms with E-state index in [0.717, 1.165) is 18.6 Å². The average Bonchev–Trinajstić information content (AvgIpc) is 2.61. The van der Waals surface area contributed by atoms with Crippen LogP contribution in [0.25, 0.3) is 0 Å². The van der Waals surface area contributed by atoms with E-state index in [-0.39, 0.29) is 18.3 Å². The van der Waals surface area contributed by atoms with Gasteiger partial charge < -0.3 is 15.4 Å². The van der Waals surface area contributed by atoms with Crippen LogP contribution >= 0.6 is 0 Å². The van der Waals surface area contributed by atoms with Crippen molar-refractivity contribution in [1.82, 2.24) is 0 Å². The van der Waals surface area contributed by atoms with Gasteiger partial charge in [0.05, 0.1) is 18.8 Å². The summed E-state index contributed by atoms with van der Waals surface area (Å²) >= 11 is 0. The molecule has 2 N–H and O–H groups in total. The number of unbranched alkanes of at least 4 members (excludes halogenated alkanes) is 3. The van der Waals surface area contributed by atoms with Gasteiger partial charge in [0.15, 0.2) is 0 Å². The van der Waals surface area contributed by atoms with Crippen LogP contribution in [0.5, 0.6) is 5.75 Å². The minimum Gasteiger partial charge on any atom is -0.494 e. The summed E-state index contributed by atoms with van der Waals surface area (Å²) in [6.07, 6.45) is 4.60. The van der Waals surface area contributed by atoms with Gasteiger partial charge in [0.1, 0.15) is 11.6 Å². The number of carbonyl (C=O) groups is 1. The molecule has 0 aliphatic rings. The Kier molecular flexibility index (Phi) is 7.76. The second-order valence-electron chi connectivity index (χ2n) is 5.82. The van der Waals surface area contributed by atoms with Crippen LogP contribution in [0.4, 0.5) is 15.8 Å². The fraction of sp³-hybridized carbons (Fsp3) is 0.350. The number of carbonyl (C=O) groups excluding carboxylic acids is 1. The van der Waals surface area contributed by atoms with Crippen molar-refractivity contribution in [3.8, 4) is 5.75 Å². The topological polar surface area (TPSA) is 50.4 Å². The van der Waals surface area contributed by atoms with Gasteiger partial charge in [0.2, 0.25) is 5.91 Å². The molecule has 0 aliphatic heterocycles. The smallest absolute Gasteiger partial charge is 0.243 e. The van der Waals surface area contributed by atoms with Crippen LogP contribution in [0.3, 0.4) is 0 Å². The zero-order chi connectivity index (χ0) is 17.9. The molecule has 2 aromatic carbocycles. The van der Waals surface area contributed by atoms with E-state index < -0.39 is 0 Å². The third-order valence-corrected chi connectivity index (χ3v) is 3.70. The van der Waals surface area contributed by atoms with Crippen molar-refractivity contribution in [2.45, 2.75) is 32.6 Å². The van der Waals surface area contributed by atoms with Gasteiger partial charge in [0, 0.05) is 11.8 Å². The Hall–Kier alpha value is -2.56. The first-order chi connectivity index (χ1) is 12.2. The van der Waals surface area contributed by atoms with Gasteiger partial charge in [-0.25, -0.2) is 4.39 Å². The minimum atomic E-state index is -0.381. The van der Waals surface area contributed by atoms with Crippen molar-refractivity contribution in [3.63, 3.8) is 0 Å². The van der Waals surface area contributed by atoms with Crippen molar-refractivity contribution in [3.05, 3.63) is 54.3 Å². The minimum absolute atomic E-state index is 0.0109. The Balaban J connectivity index is 1.78. The summed E-state index contributed by atoms with van der Waals surface area (Å²) in [5.74, 6) is 0.105. The lowest BCUT2D eigenvalue weighted by Crippen LogP contribution is -2.22. The first kappa shape index (κ1) is 18.8. The molecule has 0 atom stereocenters. The maximum atomic E-state index is 13.5. The summed E-state index contributed by atoms with van der Waals surface area (Å²) in [5.41, 5.74) is 0.966. The molecule has 25 heavy (non-hydrogen) atoms. The lowest BCUT2D eigenvalue weighted by atomic mass is 10.2. The molecule has 0 saturated carbocycles. The SMILES string of the molecule is CCCCCCOc1cccc(NC(=O)CNc2ccccc2F)c1. The fourth-order valence-corrected chi connectivity index (χ4v) is 2.37. The first-order valence-electron chi connectivity index (χ1n) is 8.70. The average molecular weight is 344 g/mol.